The number of hydrogen-bond donors (Lipinski definition) is 4. The van der Waals surface area contributed by atoms with Crippen LogP contribution in [0.2, 0.25) is 0 Å². The van der Waals surface area contributed by atoms with E-state index in [1.54, 1.807) is 4.90 Å². The summed E-state index contributed by atoms with van der Waals surface area (Å²) in [5, 5.41) is 15.1. The number of benzene rings is 1. The van der Waals surface area contributed by atoms with E-state index in [1.165, 1.54) is 6.42 Å². The predicted molar refractivity (Wildman–Crippen MR) is 133 cm³/mol. The van der Waals surface area contributed by atoms with Gasteiger partial charge >= 0.3 is 5.97 Å². The van der Waals surface area contributed by atoms with Crippen LogP contribution >= 0.6 is 0 Å². The van der Waals surface area contributed by atoms with Gasteiger partial charge in [0.15, 0.2) is 0 Å². The molecule has 1 saturated heterocycles. The van der Waals surface area contributed by atoms with Gasteiger partial charge in [-0.1, -0.05) is 56.4 Å². The minimum absolute atomic E-state index is 0.169. The minimum Gasteiger partial charge on any atom is -0.480 e. The fraction of sp³-hybridized carbons (Fsp3) is 0.577. The molecule has 2 heterocycles. The zero-order valence-electron chi connectivity index (χ0n) is 20.2. The van der Waals surface area contributed by atoms with Crippen molar-refractivity contribution >= 4 is 23.9 Å². The summed E-state index contributed by atoms with van der Waals surface area (Å²) in [5.74, 6) is -0.957. The third-order valence-electron chi connectivity index (χ3n) is 7.48. The maximum absolute atomic E-state index is 13.5. The molecule has 190 valence electrons. The van der Waals surface area contributed by atoms with Crippen LogP contribution in [0.3, 0.4) is 0 Å². The molecule has 9 nitrogen and oxygen atoms in total. The number of nitrogens with zero attached hydrogens (tertiary/aromatic N) is 2. The van der Waals surface area contributed by atoms with Gasteiger partial charge in [0.1, 0.15) is 12.2 Å². The van der Waals surface area contributed by atoms with Crippen LogP contribution < -0.4 is 16.4 Å². The van der Waals surface area contributed by atoms with Gasteiger partial charge in [0.05, 0.1) is 19.3 Å². The summed E-state index contributed by atoms with van der Waals surface area (Å²) in [7, 11) is 0. The summed E-state index contributed by atoms with van der Waals surface area (Å²) < 4.78 is 0. The number of hydrogen-bond acceptors (Lipinski definition) is 6. The van der Waals surface area contributed by atoms with Gasteiger partial charge in [0, 0.05) is 12.7 Å². The molecule has 0 spiro atoms. The summed E-state index contributed by atoms with van der Waals surface area (Å²) in [5.41, 5.74) is 8.45. The maximum atomic E-state index is 13.5. The molecular formula is C26H37N5O4. The van der Waals surface area contributed by atoms with Gasteiger partial charge in [0.2, 0.25) is 11.8 Å². The van der Waals surface area contributed by atoms with E-state index < -0.39 is 18.1 Å². The second-order valence-corrected chi connectivity index (χ2v) is 9.86. The van der Waals surface area contributed by atoms with E-state index in [0.717, 1.165) is 43.2 Å². The summed E-state index contributed by atoms with van der Waals surface area (Å²) in [6.45, 7) is 0.476. The molecule has 5 N–H and O–H groups in total. The lowest BCUT2D eigenvalue weighted by molar-refractivity contribution is -0.141. The number of aliphatic carboxylic acids is 1. The van der Waals surface area contributed by atoms with Crippen LogP contribution in [-0.2, 0) is 14.4 Å². The molecule has 2 aliphatic heterocycles. The number of likely N-dealkylation sites (tertiary alicyclic amines) is 1. The molecule has 0 radical (unpaired) electrons. The first-order valence-electron chi connectivity index (χ1n) is 12.8. The van der Waals surface area contributed by atoms with Crippen molar-refractivity contribution < 1.29 is 19.5 Å². The molecule has 9 heteroatoms. The van der Waals surface area contributed by atoms with E-state index in [0.29, 0.717) is 25.3 Å². The molecule has 4 rings (SSSR count). The van der Waals surface area contributed by atoms with E-state index >= 15 is 0 Å². The average molecular weight is 484 g/mol. The van der Waals surface area contributed by atoms with Crippen LogP contribution in [-0.4, -0.2) is 64.5 Å². The lowest BCUT2D eigenvalue weighted by Gasteiger charge is -2.34. The van der Waals surface area contributed by atoms with Crippen LogP contribution in [0.4, 0.5) is 0 Å². The molecule has 0 bridgehead atoms. The number of nitrogens with two attached hydrogens (primary N) is 1. The van der Waals surface area contributed by atoms with Gasteiger partial charge < -0.3 is 26.0 Å². The third-order valence-corrected chi connectivity index (χ3v) is 7.48. The molecule has 2 amide bonds. The van der Waals surface area contributed by atoms with E-state index in [2.05, 4.69) is 10.6 Å². The molecule has 0 aromatic heterocycles. The average Bonchev–Trinajstić information content (AvgIpc) is 3.36. The Labute approximate surface area is 206 Å². The highest BCUT2D eigenvalue weighted by Gasteiger charge is 2.38. The van der Waals surface area contributed by atoms with Gasteiger partial charge in [-0.15, -0.1) is 0 Å². The SMILES string of the molecule is NC1c2ccccc2C=CN1CNC(=O)[C@@H]1CCCN1C(=O)[C@@H](CC1CCCCC1)NCC(=O)O. The Kier molecular flexibility index (Phi) is 8.41. The molecule has 3 atom stereocenters. The largest absolute Gasteiger partial charge is 0.480 e. The van der Waals surface area contributed by atoms with Crippen LogP contribution in [0.25, 0.3) is 6.08 Å². The predicted octanol–water partition coefficient (Wildman–Crippen LogP) is 2.01. The monoisotopic (exact) mass is 483 g/mol. The van der Waals surface area contributed by atoms with Crippen molar-refractivity contribution in [1.82, 2.24) is 20.4 Å². The van der Waals surface area contributed by atoms with Crippen LogP contribution in [0, 0.1) is 5.92 Å². The maximum Gasteiger partial charge on any atom is 0.317 e. The normalized spacial score (nSPS) is 23.1. The van der Waals surface area contributed by atoms with E-state index in [4.69, 9.17) is 10.8 Å². The molecular weight excluding hydrogens is 446 g/mol. The Hall–Kier alpha value is -2.91. The molecule has 1 saturated carbocycles. The van der Waals surface area contributed by atoms with Gasteiger partial charge in [-0.25, -0.2) is 0 Å². The van der Waals surface area contributed by atoms with Crippen LogP contribution in [0.15, 0.2) is 30.5 Å². The topological polar surface area (TPSA) is 128 Å². The number of nitrogens with one attached hydrogen (secondary N) is 2. The quantitative estimate of drug-likeness (QED) is 0.423. The highest BCUT2D eigenvalue weighted by atomic mass is 16.4. The Morgan fingerprint density at radius 2 is 1.86 bits per heavy atom. The number of fused-ring (bicyclic) bond motifs is 1. The Balaban J connectivity index is 1.37. The lowest BCUT2D eigenvalue weighted by Crippen LogP contribution is -2.54. The zero-order valence-corrected chi connectivity index (χ0v) is 20.2. The van der Waals surface area contributed by atoms with Crippen molar-refractivity contribution in [3.05, 3.63) is 41.6 Å². The van der Waals surface area contributed by atoms with Crippen LogP contribution in [0.1, 0.15) is 68.7 Å². The van der Waals surface area contributed by atoms with Crippen molar-refractivity contribution in [2.24, 2.45) is 11.7 Å². The molecule has 35 heavy (non-hydrogen) atoms. The second kappa shape index (κ2) is 11.7. The molecule has 1 aromatic carbocycles. The first-order valence-corrected chi connectivity index (χ1v) is 12.8. The first-order chi connectivity index (χ1) is 16.9. The Bertz CT molecular complexity index is 945. The summed E-state index contributed by atoms with van der Waals surface area (Å²) in [4.78, 5) is 41.3. The second-order valence-electron chi connectivity index (χ2n) is 9.86. The smallest absolute Gasteiger partial charge is 0.317 e. The van der Waals surface area contributed by atoms with Gasteiger partial charge in [-0.05, 0) is 42.4 Å². The Morgan fingerprint density at radius 1 is 1.09 bits per heavy atom. The van der Waals surface area contributed by atoms with Crippen molar-refractivity contribution in [3.63, 3.8) is 0 Å². The van der Waals surface area contributed by atoms with E-state index in [-0.39, 0.29) is 31.2 Å². The summed E-state index contributed by atoms with van der Waals surface area (Å²) >= 11 is 0. The molecule has 1 aromatic rings. The highest BCUT2D eigenvalue weighted by molar-refractivity contribution is 5.90. The van der Waals surface area contributed by atoms with Crippen molar-refractivity contribution in [3.8, 4) is 0 Å². The lowest BCUT2D eigenvalue weighted by atomic mass is 9.84. The van der Waals surface area contributed by atoms with Crippen LogP contribution in [0.5, 0.6) is 0 Å². The number of rotatable bonds is 9. The van der Waals surface area contributed by atoms with E-state index in [9.17, 15) is 14.4 Å². The number of amides is 2. The van der Waals surface area contributed by atoms with E-state index in [1.807, 2.05) is 41.4 Å². The van der Waals surface area contributed by atoms with Gasteiger partial charge in [-0.2, -0.15) is 0 Å². The standard InChI is InChI=1S/C26H37N5O4/c27-24-20-10-5-4-9-19(20)12-14-30(24)17-29-25(34)22-11-6-13-31(22)26(35)21(28-16-23(32)33)15-18-7-2-1-3-8-18/h4-5,9-10,12,14,18,21-22,24,28H,1-3,6-8,11,13,15-17,27H2,(H,29,34)(H,32,33)/t21-,22+,24?/m1/s1. The molecule has 1 unspecified atom stereocenters. The highest BCUT2D eigenvalue weighted by Crippen LogP contribution is 2.29. The van der Waals surface area contributed by atoms with Crippen molar-refractivity contribution in [2.75, 3.05) is 19.8 Å². The fourth-order valence-electron chi connectivity index (χ4n) is 5.56. The number of carbonyl (C=O) groups is 3. The Morgan fingerprint density at radius 3 is 2.63 bits per heavy atom. The number of carboxylic acid groups (broad SMARTS) is 1. The minimum atomic E-state index is -0.991. The number of carbonyl (C=O) groups excluding carboxylic acids is 2. The number of carboxylic acids is 1. The van der Waals surface area contributed by atoms with Gasteiger partial charge in [-0.3, -0.25) is 19.7 Å². The van der Waals surface area contributed by atoms with Gasteiger partial charge in [0.25, 0.3) is 0 Å². The molecule has 3 aliphatic rings. The van der Waals surface area contributed by atoms with Crippen molar-refractivity contribution in [1.29, 1.82) is 0 Å². The van der Waals surface area contributed by atoms with Crippen molar-refractivity contribution in [2.45, 2.75) is 69.6 Å². The third kappa shape index (κ3) is 6.21. The zero-order chi connectivity index (χ0) is 24.8. The summed E-state index contributed by atoms with van der Waals surface area (Å²) in [6.07, 6.45) is 11.1. The first kappa shape index (κ1) is 25.2. The molecule has 2 fully saturated rings. The fourth-order valence-corrected chi connectivity index (χ4v) is 5.56. The molecule has 1 aliphatic carbocycles. The summed E-state index contributed by atoms with van der Waals surface area (Å²) in [6, 6.07) is 6.75.